The molecule has 5 nitrogen and oxygen atoms in total. The summed E-state index contributed by atoms with van der Waals surface area (Å²) in [6, 6.07) is 2.08. The summed E-state index contributed by atoms with van der Waals surface area (Å²) in [5.74, 6) is -2.09. The van der Waals surface area contributed by atoms with Gasteiger partial charge in [-0.1, -0.05) is 26.0 Å². The van der Waals surface area contributed by atoms with E-state index in [1.807, 2.05) is 0 Å². The number of benzene rings is 1. The number of nitrogens with one attached hydrogen (secondary N) is 1. The van der Waals surface area contributed by atoms with Crippen molar-refractivity contribution < 1.29 is 31.5 Å². The van der Waals surface area contributed by atoms with E-state index in [1.54, 1.807) is 4.72 Å². The topological polar surface area (TPSA) is 83.5 Å². The summed E-state index contributed by atoms with van der Waals surface area (Å²) >= 11 is 0. The van der Waals surface area contributed by atoms with Crippen LogP contribution in [0, 0.1) is 5.92 Å². The number of carbonyl (C=O) groups is 1. The van der Waals surface area contributed by atoms with Crippen LogP contribution in [0.1, 0.15) is 19.4 Å². The molecule has 118 valence electrons. The fourth-order valence-corrected chi connectivity index (χ4v) is 3.20. The van der Waals surface area contributed by atoms with Crippen LogP contribution in [-0.2, 0) is 21.0 Å². The Morgan fingerprint density at radius 2 is 1.76 bits per heavy atom. The van der Waals surface area contributed by atoms with Gasteiger partial charge in [0, 0.05) is 0 Å². The summed E-state index contributed by atoms with van der Waals surface area (Å²) in [6.07, 6.45) is -4.86. The number of sulfonamides is 1. The van der Waals surface area contributed by atoms with Crippen molar-refractivity contribution in [3.8, 4) is 0 Å². The third kappa shape index (κ3) is 4.18. The molecule has 0 unspecified atom stereocenters. The molecule has 0 aliphatic heterocycles. The van der Waals surface area contributed by atoms with Gasteiger partial charge in [0.2, 0.25) is 10.0 Å². The van der Waals surface area contributed by atoms with E-state index < -0.39 is 44.6 Å². The second-order valence-electron chi connectivity index (χ2n) is 4.68. The molecule has 0 aliphatic carbocycles. The van der Waals surface area contributed by atoms with Crippen LogP contribution in [-0.4, -0.2) is 25.5 Å². The Kier molecular flexibility index (Phi) is 5.00. The van der Waals surface area contributed by atoms with E-state index in [0.717, 1.165) is 18.2 Å². The molecule has 2 N–H and O–H groups in total. The molecule has 0 saturated heterocycles. The quantitative estimate of drug-likeness (QED) is 0.868. The van der Waals surface area contributed by atoms with Crippen molar-refractivity contribution in [2.24, 2.45) is 5.92 Å². The molecule has 1 atom stereocenters. The second kappa shape index (κ2) is 6.02. The predicted octanol–water partition coefficient (Wildman–Crippen LogP) is 2.09. The molecular weight excluding hydrogens is 311 g/mol. The van der Waals surface area contributed by atoms with Crippen LogP contribution in [0.2, 0.25) is 0 Å². The highest BCUT2D eigenvalue weighted by atomic mass is 32.2. The first-order valence-corrected chi connectivity index (χ1v) is 7.36. The fraction of sp³-hybridized carbons (Fsp3) is 0.417. The highest BCUT2D eigenvalue weighted by Crippen LogP contribution is 2.34. The zero-order chi connectivity index (χ0) is 16.4. The SMILES string of the molecule is CC(C)[C@H](NS(=O)(=O)c1ccccc1C(F)(F)F)C(=O)O. The van der Waals surface area contributed by atoms with E-state index in [4.69, 9.17) is 5.11 Å². The molecule has 0 aliphatic rings. The molecule has 0 spiro atoms. The van der Waals surface area contributed by atoms with Gasteiger partial charge >= 0.3 is 12.1 Å². The third-order valence-electron chi connectivity index (χ3n) is 2.70. The number of hydrogen-bond donors (Lipinski definition) is 2. The van der Waals surface area contributed by atoms with Crippen LogP contribution in [0.3, 0.4) is 0 Å². The Labute approximate surface area is 119 Å². The highest BCUT2D eigenvalue weighted by Gasteiger charge is 2.38. The minimum absolute atomic E-state index is 0.625. The second-order valence-corrected chi connectivity index (χ2v) is 6.36. The van der Waals surface area contributed by atoms with Crippen molar-refractivity contribution in [3.05, 3.63) is 29.8 Å². The summed E-state index contributed by atoms with van der Waals surface area (Å²) in [5.41, 5.74) is -1.34. The molecule has 0 bridgehead atoms. The van der Waals surface area contributed by atoms with Crippen LogP contribution in [0.4, 0.5) is 13.2 Å². The van der Waals surface area contributed by atoms with Crippen LogP contribution >= 0.6 is 0 Å². The predicted molar refractivity (Wildman–Crippen MR) is 68.0 cm³/mol. The Morgan fingerprint density at radius 3 is 2.19 bits per heavy atom. The van der Waals surface area contributed by atoms with E-state index in [9.17, 15) is 26.4 Å². The number of carboxylic acids is 1. The van der Waals surface area contributed by atoms with E-state index in [-0.39, 0.29) is 0 Å². The number of alkyl halides is 3. The number of halogens is 3. The number of hydrogen-bond acceptors (Lipinski definition) is 3. The largest absolute Gasteiger partial charge is 0.480 e. The van der Waals surface area contributed by atoms with Gasteiger partial charge in [0.25, 0.3) is 0 Å². The van der Waals surface area contributed by atoms with Crippen molar-refractivity contribution in [3.63, 3.8) is 0 Å². The van der Waals surface area contributed by atoms with Gasteiger partial charge in [-0.05, 0) is 18.1 Å². The first kappa shape index (κ1) is 17.4. The molecule has 1 rings (SSSR count). The van der Waals surface area contributed by atoms with E-state index >= 15 is 0 Å². The van der Waals surface area contributed by atoms with Crippen molar-refractivity contribution in [1.29, 1.82) is 0 Å². The van der Waals surface area contributed by atoms with Crippen LogP contribution in [0.15, 0.2) is 29.2 Å². The minimum Gasteiger partial charge on any atom is -0.480 e. The molecule has 9 heteroatoms. The van der Waals surface area contributed by atoms with Gasteiger partial charge in [-0.3, -0.25) is 4.79 Å². The smallest absolute Gasteiger partial charge is 0.417 e. The number of carboxylic acid groups (broad SMARTS) is 1. The number of rotatable bonds is 5. The lowest BCUT2D eigenvalue weighted by atomic mass is 10.1. The van der Waals surface area contributed by atoms with E-state index in [1.165, 1.54) is 13.8 Å². The molecule has 21 heavy (non-hydrogen) atoms. The maximum atomic E-state index is 12.8. The summed E-state index contributed by atoms with van der Waals surface area (Å²) in [4.78, 5) is 9.99. The summed E-state index contributed by atoms with van der Waals surface area (Å²) in [5, 5.41) is 8.93. The molecule has 0 saturated carbocycles. The van der Waals surface area contributed by atoms with E-state index in [0.29, 0.717) is 6.07 Å². The first-order chi connectivity index (χ1) is 9.47. The maximum Gasteiger partial charge on any atom is 0.417 e. The molecule has 1 aromatic carbocycles. The first-order valence-electron chi connectivity index (χ1n) is 5.88. The lowest BCUT2D eigenvalue weighted by Gasteiger charge is -2.19. The van der Waals surface area contributed by atoms with Gasteiger partial charge in [0.05, 0.1) is 10.5 Å². The molecule has 0 heterocycles. The van der Waals surface area contributed by atoms with Gasteiger partial charge in [0.15, 0.2) is 0 Å². The fourth-order valence-electron chi connectivity index (χ4n) is 1.64. The zero-order valence-electron chi connectivity index (χ0n) is 11.2. The van der Waals surface area contributed by atoms with Gasteiger partial charge < -0.3 is 5.11 Å². The Balaban J connectivity index is 3.30. The van der Waals surface area contributed by atoms with Crippen LogP contribution in [0.5, 0.6) is 0 Å². The van der Waals surface area contributed by atoms with Crippen LogP contribution < -0.4 is 4.72 Å². The molecule has 0 amide bonds. The molecule has 0 fully saturated rings. The lowest BCUT2D eigenvalue weighted by molar-refractivity contribution is -0.140. The standard InChI is InChI=1S/C12H14F3NO4S/c1-7(2)10(11(17)18)16-21(19,20)9-6-4-3-5-8(9)12(13,14)15/h3-7,10,16H,1-2H3,(H,17,18)/t10-/m0/s1. The Bertz CT molecular complexity index is 626. The van der Waals surface area contributed by atoms with Gasteiger partial charge in [-0.2, -0.15) is 17.9 Å². The van der Waals surface area contributed by atoms with Crippen molar-refractivity contribution >= 4 is 16.0 Å². The summed E-state index contributed by atoms with van der Waals surface area (Å²) < 4.78 is 64.4. The van der Waals surface area contributed by atoms with E-state index in [2.05, 4.69) is 0 Å². The van der Waals surface area contributed by atoms with Crippen molar-refractivity contribution in [1.82, 2.24) is 4.72 Å². The van der Waals surface area contributed by atoms with Crippen LogP contribution in [0.25, 0.3) is 0 Å². The van der Waals surface area contributed by atoms with Gasteiger partial charge in [-0.25, -0.2) is 8.42 Å². The number of aliphatic carboxylic acids is 1. The zero-order valence-corrected chi connectivity index (χ0v) is 12.0. The minimum atomic E-state index is -4.86. The third-order valence-corrected chi connectivity index (χ3v) is 4.20. The van der Waals surface area contributed by atoms with Crippen molar-refractivity contribution in [2.75, 3.05) is 0 Å². The lowest BCUT2D eigenvalue weighted by Crippen LogP contribution is -2.44. The van der Waals surface area contributed by atoms with Gasteiger partial charge in [-0.15, -0.1) is 0 Å². The molecule has 1 aromatic rings. The summed E-state index contributed by atoms with van der Waals surface area (Å²) in [6.45, 7) is 2.88. The van der Waals surface area contributed by atoms with Crippen molar-refractivity contribution in [2.45, 2.75) is 31.0 Å². The monoisotopic (exact) mass is 325 g/mol. The Morgan fingerprint density at radius 1 is 1.24 bits per heavy atom. The maximum absolute atomic E-state index is 12.8. The normalized spacial score (nSPS) is 14.2. The highest BCUT2D eigenvalue weighted by molar-refractivity contribution is 7.89. The van der Waals surface area contributed by atoms with Gasteiger partial charge in [0.1, 0.15) is 6.04 Å². The molecular formula is C12H14F3NO4S. The Hall–Kier alpha value is -1.61. The average molecular weight is 325 g/mol. The average Bonchev–Trinajstić information content (AvgIpc) is 2.34. The molecule has 0 aromatic heterocycles. The molecule has 0 radical (unpaired) electrons. The summed E-state index contributed by atoms with van der Waals surface area (Å²) in [7, 11) is -4.61.